The Hall–Kier alpha value is -2.43. The van der Waals surface area contributed by atoms with E-state index in [1.807, 2.05) is 0 Å². The van der Waals surface area contributed by atoms with E-state index in [0.29, 0.717) is 0 Å². The van der Waals surface area contributed by atoms with E-state index in [1.54, 1.807) is 13.0 Å². The van der Waals surface area contributed by atoms with Crippen LogP contribution in [0, 0.1) is 6.92 Å². The smallest absolute Gasteiger partial charge is 0.340 e. The molecule has 0 heterocycles. The van der Waals surface area contributed by atoms with Gasteiger partial charge in [-0.25, -0.2) is 4.79 Å². The Balaban J connectivity index is 3.05. The second kappa shape index (κ2) is 3.55. The Morgan fingerprint density at radius 1 is 1.00 bits per heavy atom. The van der Waals surface area contributed by atoms with E-state index in [0.717, 1.165) is 5.56 Å². The standard InChI is InChI=1S/C12H10O5/c1-5-2-3-6-7(4-5)8(12(16)17)10(14)11(15)9(6)13/h2-4,13-15H,1H3,(H,16,17). The molecule has 0 fully saturated rings. The van der Waals surface area contributed by atoms with Crippen LogP contribution in [0.3, 0.4) is 0 Å². The summed E-state index contributed by atoms with van der Waals surface area (Å²) in [5.41, 5.74) is 0.364. The Bertz CT molecular complexity index is 631. The highest BCUT2D eigenvalue weighted by molar-refractivity contribution is 6.09. The number of fused-ring (bicyclic) bond motifs is 1. The predicted octanol–water partition coefficient (Wildman–Crippen LogP) is 1.96. The van der Waals surface area contributed by atoms with Crippen LogP contribution in [0.2, 0.25) is 0 Å². The fourth-order valence-corrected chi connectivity index (χ4v) is 1.77. The normalized spacial score (nSPS) is 10.6. The summed E-state index contributed by atoms with van der Waals surface area (Å²) in [6.45, 7) is 1.76. The third-order valence-corrected chi connectivity index (χ3v) is 2.60. The van der Waals surface area contributed by atoms with Crippen molar-refractivity contribution in [3.8, 4) is 17.2 Å². The maximum Gasteiger partial charge on any atom is 0.340 e. The number of rotatable bonds is 1. The van der Waals surface area contributed by atoms with Crippen molar-refractivity contribution in [3.63, 3.8) is 0 Å². The molecule has 0 aliphatic rings. The van der Waals surface area contributed by atoms with Gasteiger partial charge in [0.05, 0.1) is 0 Å². The highest BCUT2D eigenvalue weighted by Crippen LogP contribution is 2.44. The number of carboxylic acids is 1. The fourth-order valence-electron chi connectivity index (χ4n) is 1.77. The number of aryl methyl sites for hydroxylation is 1. The first kappa shape index (κ1) is 11.1. The molecule has 2 aromatic rings. The maximum atomic E-state index is 11.1. The van der Waals surface area contributed by atoms with Gasteiger partial charge in [-0.05, 0) is 6.92 Å². The van der Waals surface area contributed by atoms with E-state index in [9.17, 15) is 20.1 Å². The molecule has 0 atom stereocenters. The van der Waals surface area contributed by atoms with Gasteiger partial charge < -0.3 is 20.4 Å². The van der Waals surface area contributed by atoms with Crippen molar-refractivity contribution in [2.24, 2.45) is 0 Å². The quantitative estimate of drug-likeness (QED) is 0.565. The minimum absolute atomic E-state index is 0.184. The Morgan fingerprint density at radius 3 is 2.24 bits per heavy atom. The van der Waals surface area contributed by atoms with Crippen LogP contribution < -0.4 is 0 Å². The summed E-state index contributed by atoms with van der Waals surface area (Å²) in [5, 5.41) is 38.0. The summed E-state index contributed by atoms with van der Waals surface area (Å²) in [5.74, 6) is -3.54. The summed E-state index contributed by atoms with van der Waals surface area (Å²) in [6.07, 6.45) is 0. The molecular formula is C12H10O5. The lowest BCUT2D eigenvalue weighted by Crippen LogP contribution is -1.99. The minimum Gasteiger partial charge on any atom is -0.504 e. The second-order valence-electron chi connectivity index (χ2n) is 3.78. The van der Waals surface area contributed by atoms with Gasteiger partial charge in [0.1, 0.15) is 5.56 Å². The number of benzene rings is 2. The highest BCUT2D eigenvalue weighted by atomic mass is 16.4. The van der Waals surface area contributed by atoms with Crippen LogP contribution in [0.15, 0.2) is 18.2 Å². The molecule has 5 heteroatoms. The largest absolute Gasteiger partial charge is 0.504 e. The van der Waals surface area contributed by atoms with E-state index in [4.69, 9.17) is 5.11 Å². The van der Waals surface area contributed by atoms with Gasteiger partial charge in [-0.3, -0.25) is 0 Å². The Labute approximate surface area is 96.2 Å². The molecule has 0 saturated heterocycles. The van der Waals surface area contributed by atoms with Crippen LogP contribution >= 0.6 is 0 Å². The number of hydrogen-bond acceptors (Lipinski definition) is 4. The van der Waals surface area contributed by atoms with Crippen molar-refractivity contribution in [2.75, 3.05) is 0 Å². The number of aromatic hydroxyl groups is 3. The molecule has 88 valence electrons. The molecule has 2 rings (SSSR count). The zero-order valence-electron chi connectivity index (χ0n) is 8.93. The van der Waals surface area contributed by atoms with Gasteiger partial charge in [0, 0.05) is 10.8 Å². The van der Waals surface area contributed by atoms with Crippen molar-refractivity contribution < 1.29 is 25.2 Å². The molecule has 0 aromatic heterocycles. The van der Waals surface area contributed by atoms with Crippen molar-refractivity contribution in [1.82, 2.24) is 0 Å². The van der Waals surface area contributed by atoms with E-state index in [2.05, 4.69) is 0 Å². The lowest BCUT2D eigenvalue weighted by atomic mass is 9.99. The van der Waals surface area contributed by atoms with Gasteiger partial charge in [0.2, 0.25) is 5.75 Å². The summed E-state index contributed by atoms with van der Waals surface area (Å²) in [6, 6.07) is 4.69. The summed E-state index contributed by atoms with van der Waals surface area (Å²) >= 11 is 0. The molecule has 0 saturated carbocycles. The third-order valence-electron chi connectivity index (χ3n) is 2.60. The van der Waals surface area contributed by atoms with Gasteiger partial charge in [0.15, 0.2) is 11.5 Å². The van der Waals surface area contributed by atoms with Gasteiger partial charge in [0.25, 0.3) is 0 Å². The Morgan fingerprint density at radius 2 is 1.65 bits per heavy atom. The van der Waals surface area contributed by atoms with Gasteiger partial charge in [-0.15, -0.1) is 0 Å². The topological polar surface area (TPSA) is 98.0 Å². The van der Waals surface area contributed by atoms with Crippen LogP contribution in [0.5, 0.6) is 17.2 Å². The average Bonchev–Trinajstić information content (AvgIpc) is 2.25. The molecule has 0 spiro atoms. The van der Waals surface area contributed by atoms with E-state index in [-0.39, 0.29) is 10.8 Å². The van der Waals surface area contributed by atoms with Gasteiger partial charge >= 0.3 is 5.97 Å². The summed E-state index contributed by atoms with van der Waals surface area (Å²) in [7, 11) is 0. The Kier molecular flexibility index (Phi) is 2.31. The lowest BCUT2D eigenvalue weighted by molar-refractivity contribution is 0.0695. The molecule has 0 aliphatic carbocycles. The first-order valence-corrected chi connectivity index (χ1v) is 4.84. The third kappa shape index (κ3) is 1.52. The molecule has 17 heavy (non-hydrogen) atoms. The van der Waals surface area contributed by atoms with Crippen molar-refractivity contribution in [2.45, 2.75) is 6.92 Å². The van der Waals surface area contributed by atoms with Crippen LogP contribution in [0.1, 0.15) is 15.9 Å². The van der Waals surface area contributed by atoms with Crippen molar-refractivity contribution >= 4 is 16.7 Å². The number of phenolic OH excluding ortho intramolecular Hbond substituents is 2. The van der Waals surface area contributed by atoms with Crippen molar-refractivity contribution in [1.29, 1.82) is 0 Å². The SMILES string of the molecule is Cc1ccc2c(O)c(O)c(O)c(C(=O)O)c2c1. The second-order valence-corrected chi connectivity index (χ2v) is 3.78. The van der Waals surface area contributed by atoms with E-state index in [1.165, 1.54) is 12.1 Å². The number of aromatic carboxylic acids is 1. The van der Waals surface area contributed by atoms with Crippen LogP contribution in [-0.4, -0.2) is 26.4 Å². The maximum absolute atomic E-state index is 11.1. The van der Waals surface area contributed by atoms with Crippen LogP contribution in [-0.2, 0) is 0 Å². The zero-order chi connectivity index (χ0) is 12.7. The number of phenols is 3. The van der Waals surface area contributed by atoms with E-state index >= 15 is 0 Å². The number of carboxylic acid groups (broad SMARTS) is 1. The zero-order valence-corrected chi connectivity index (χ0v) is 8.93. The summed E-state index contributed by atoms with van der Waals surface area (Å²) in [4.78, 5) is 11.1. The lowest BCUT2D eigenvalue weighted by Gasteiger charge is -2.10. The predicted molar refractivity (Wildman–Crippen MR) is 60.6 cm³/mol. The monoisotopic (exact) mass is 234 g/mol. The highest BCUT2D eigenvalue weighted by Gasteiger charge is 2.22. The molecule has 0 radical (unpaired) electrons. The number of hydrogen-bond donors (Lipinski definition) is 4. The van der Waals surface area contributed by atoms with E-state index < -0.39 is 28.8 Å². The number of carbonyl (C=O) groups is 1. The molecule has 0 bridgehead atoms. The van der Waals surface area contributed by atoms with Crippen molar-refractivity contribution in [3.05, 3.63) is 29.3 Å². The van der Waals surface area contributed by atoms with Gasteiger partial charge in [-0.2, -0.15) is 0 Å². The molecule has 0 amide bonds. The first-order chi connectivity index (χ1) is 7.93. The van der Waals surface area contributed by atoms with Crippen LogP contribution in [0.4, 0.5) is 0 Å². The van der Waals surface area contributed by atoms with Gasteiger partial charge in [-0.1, -0.05) is 23.8 Å². The molecule has 5 nitrogen and oxygen atoms in total. The molecule has 4 N–H and O–H groups in total. The molecular weight excluding hydrogens is 224 g/mol. The first-order valence-electron chi connectivity index (χ1n) is 4.84. The van der Waals surface area contributed by atoms with Crippen LogP contribution in [0.25, 0.3) is 10.8 Å². The molecule has 0 unspecified atom stereocenters. The summed E-state index contributed by atoms with van der Waals surface area (Å²) < 4.78 is 0. The fraction of sp³-hybridized carbons (Fsp3) is 0.0833. The minimum atomic E-state index is -1.37. The molecule has 2 aromatic carbocycles. The average molecular weight is 234 g/mol. The molecule has 0 aliphatic heterocycles.